The molecule has 1 aromatic rings. The zero-order chi connectivity index (χ0) is 10.7. The third kappa shape index (κ3) is 2.78. The maximum Gasteiger partial charge on any atom is 0.0570 e. The van der Waals surface area contributed by atoms with Gasteiger partial charge in [-0.2, -0.15) is 0 Å². The minimum atomic E-state index is 0.372. The van der Waals surface area contributed by atoms with Gasteiger partial charge in [0.2, 0.25) is 0 Å². The molecular formula is C13H20N2. The van der Waals surface area contributed by atoms with Crippen molar-refractivity contribution in [1.82, 2.24) is 10.3 Å². The molecule has 1 aliphatic rings. The number of rotatable bonds is 5. The second kappa shape index (κ2) is 4.75. The van der Waals surface area contributed by atoms with Crippen molar-refractivity contribution in [2.75, 3.05) is 0 Å². The lowest BCUT2D eigenvalue weighted by Crippen LogP contribution is -2.33. The molecule has 0 spiro atoms. The lowest BCUT2D eigenvalue weighted by atomic mass is 10.1. The van der Waals surface area contributed by atoms with Gasteiger partial charge in [-0.25, -0.2) is 0 Å². The normalized spacial score (nSPS) is 19.9. The van der Waals surface area contributed by atoms with Crippen molar-refractivity contribution in [1.29, 1.82) is 0 Å². The van der Waals surface area contributed by atoms with Crippen LogP contribution in [0.3, 0.4) is 0 Å². The number of hydrogen-bond donors (Lipinski definition) is 1. The van der Waals surface area contributed by atoms with Crippen molar-refractivity contribution in [2.24, 2.45) is 5.92 Å². The molecule has 0 aliphatic heterocycles. The van der Waals surface area contributed by atoms with E-state index in [1.165, 1.54) is 19.3 Å². The Bertz CT molecular complexity index is 293. The van der Waals surface area contributed by atoms with Gasteiger partial charge in [0, 0.05) is 18.3 Å². The average Bonchev–Trinajstić information content (AvgIpc) is 3.10. The van der Waals surface area contributed by atoms with Gasteiger partial charge in [-0.1, -0.05) is 13.0 Å². The lowest BCUT2D eigenvalue weighted by Gasteiger charge is -2.21. The number of nitrogens with zero attached hydrogens (tertiary/aromatic N) is 1. The first-order chi connectivity index (χ1) is 7.31. The molecule has 2 rings (SSSR count). The van der Waals surface area contributed by atoms with Crippen LogP contribution in [-0.4, -0.2) is 11.0 Å². The summed E-state index contributed by atoms with van der Waals surface area (Å²) in [6.07, 6.45) is 5.90. The molecule has 1 heterocycles. The molecule has 15 heavy (non-hydrogen) atoms. The summed E-state index contributed by atoms with van der Waals surface area (Å²) >= 11 is 0. The van der Waals surface area contributed by atoms with Crippen LogP contribution in [0, 0.1) is 5.92 Å². The number of hydrogen-bond acceptors (Lipinski definition) is 2. The molecule has 82 valence electrons. The van der Waals surface area contributed by atoms with Crippen LogP contribution in [0.15, 0.2) is 24.4 Å². The van der Waals surface area contributed by atoms with Crippen molar-refractivity contribution in [3.8, 4) is 0 Å². The Morgan fingerprint density at radius 2 is 2.27 bits per heavy atom. The highest BCUT2D eigenvalue weighted by Gasteiger charge is 2.30. The summed E-state index contributed by atoms with van der Waals surface area (Å²) in [7, 11) is 0. The minimum absolute atomic E-state index is 0.372. The van der Waals surface area contributed by atoms with Gasteiger partial charge >= 0.3 is 0 Å². The van der Waals surface area contributed by atoms with E-state index in [1.807, 2.05) is 12.3 Å². The maximum absolute atomic E-state index is 4.38. The first-order valence-electron chi connectivity index (χ1n) is 5.98. The van der Waals surface area contributed by atoms with Crippen LogP contribution in [0.5, 0.6) is 0 Å². The molecule has 0 aromatic carbocycles. The van der Waals surface area contributed by atoms with E-state index in [0.29, 0.717) is 12.1 Å². The third-order valence-electron chi connectivity index (χ3n) is 3.23. The summed E-state index contributed by atoms with van der Waals surface area (Å²) in [4.78, 5) is 4.38. The largest absolute Gasteiger partial charge is 0.306 e. The fraction of sp³-hybridized carbons (Fsp3) is 0.615. The van der Waals surface area contributed by atoms with Crippen LogP contribution in [0.4, 0.5) is 0 Å². The van der Waals surface area contributed by atoms with Crippen molar-refractivity contribution < 1.29 is 0 Å². The SMILES string of the molecule is CCC(N[C@H](C)c1ccccn1)C1CC1. The topological polar surface area (TPSA) is 24.9 Å². The van der Waals surface area contributed by atoms with E-state index in [9.17, 15) is 0 Å². The highest BCUT2D eigenvalue weighted by Crippen LogP contribution is 2.34. The molecule has 1 aromatic heterocycles. The summed E-state index contributed by atoms with van der Waals surface area (Å²) < 4.78 is 0. The standard InChI is InChI=1S/C13H20N2/c1-3-12(11-7-8-11)15-10(2)13-6-4-5-9-14-13/h4-6,9-12,15H,3,7-8H2,1-2H3/t10-,12?/m1/s1. The highest BCUT2D eigenvalue weighted by atomic mass is 15.0. The first-order valence-corrected chi connectivity index (χ1v) is 5.98. The van der Waals surface area contributed by atoms with Gasteiger partial charge in [0.05, 0.1) is 5.69 Å². The molecule has 1 aliphatic carbocycles. The summed E-state index contributed by atoms with van der Waals surface area (Å²) in [5.74, 6) is 0.918. The molecule has 1 fully saturated rings. The molecule has 2 heteroatoms. The molecule has 2 nitrogen and oxygen atoms in total. The molecule has 1 unspecified atom stereocenters. The quantitative estimate of drug-likeness (QED) is 0.797. The van der Waals surface area contributed by atoms with Crippen LogP contribution >= 0.6 is 0 Å². The molecular weight excluding hydrogens is 184 g/mol. The van der Waals surface area contributed by atoms with Gasteiger partial charge in [-0.15, -0.1) is 0 Å². The number of aromatic nitrogens is 1. The fourth-order valence-corrected chi connectivity index (χ4v) is 2.12. The van der Waals surface area contributed by atoms with Crippen LogP contribution in [-0.2, 0) is 0 Å². The molecule has 2 atom stereocenters. The van der Waals surface area contributed by atoms with Gasteiger partial charge in [0.25, 0.3) is 0 Å². The Balaban J connectivity index is 1.93. The van der Waals surface area contributed by atoms with Crippen LogP contribution < -0.4 is 5.32 Å². The van der Waals surface area contributed by atoms with Gasteiger partial charge in [-0.3, -0.25) is 4.98 Å². The van der Waals surface area contributed by atoms with E-state index in [2.05, 4.69) is 36.3 Å². The Labute approximate surface area is 92.1 Å². The molecule has 0 bridgehead atoms. The van der Waals surface area contributed by atoms with Crippen LogP contribution in [0.1, 0.15) is 44.8 Å². The van der Waals surface area contributed by atoms with Crippen molar-refractivity contribution in [2.45, 2.75) is 45.2 Å². The van der Waals surface area contributed by atoms with Gasteiger partial charge in [0.1, 0.15) is 0 Å². The predicted octanol–water partition coefficient (Wildman–Crippen LogP) is 2.92. The number of pyridine rings is 1. The Hall–Kier alpha value is -0.890. The summed E-state index contributed by atoms with van der Waals surface area (Å²) in [6.45, 7) is 4.47. The Kier molecular flexibility index (Phi) is 3.37. The van der Waals surface area contributed by atoms with E-state index in [-0.39, 0.29) is 0 Å². The second-order valence-electron chi connectivity index (χ2n) is 4.50. The molecule has 0 amide bonds. The van der Waals surface area contributed by atoms with Crippen molar-refractivity contribution in [3.05, 3.63) is 30.1 Å². The van der Waals surface area contributed by atoms with Gasteiger partial charge < -0.3 is 5.32 Å². The van der Waals surface area contributed by atoms with E-state index in [1.54, 1.807) is 0 Å². The van der Waals surface area contributed by atoms with Crippen molar-refractivity contribution in [3.63, 3.8) is 0 Å². The molecule has 1 saturated carbocycles. The first kappa shape index (κ1) is 10.6. The fourth-order valence-electron chi connectivity index (χ4n) is 2.12. The van der Waals surface area contributed by atoms with E-state index in [4.69, 9.17) is 0 Å². The Morgan fingerprint density at radius 1 is 1.47 bits per heavy atom. The summed E-state index contributed by atoms with van der Waals surface area (Å²) in [5.41, 5.74) is 1.15. The van der Waals surface area contributed by atoms with Gasteiger partial charge in [0.15, 0.2) is 0 Å². The monoisotopic (exact) mass is 204 g/mol. The smallest absolute Gasteiger partial charge is 0.0570 e. The zero-order valence-electron chi connectivity index (χ0n) is 9.61. The lowest BCUT2D eigenvalue weighted by molar-refractivity contribution is 0.400. The predicted molar refractivity (Wildman–Crippen MR) is 62.6 cm³/mol. The average molecular weight is 204 g/mol. The zero-order valence-corrected chi connectivity index (χ0v) is 9.61. The van der Waals surface area contributed by atoms with Crippen molar-refractivity contribution >= 4 is 0 Å². The van der Waals surface area contributed by atoms with Crippen LogP contribution in [0.25, 0.3) is 0 Å². The summed E-state index contributed by atoms with van der Waals surface area (Å²) in [6, 6.07) is 7.17. The molecule has 0 radical (unpaired) electrons. The molecule has 1 N–H and O–H groups in total. The maximum atomic E-state index is 4.38. The van der Waals surface area contributed by atoms with E-state index < -0.39 is 0 Å². The second-order valence-corrected chi connectivity index (χ2v) is 4.50. The van der Waals surface area contributed by atoms with Gasteiger partial charge in [-0.05, 0) is 44.2 Å². The highest BCUT2D eigenvalue weighted by molar-refractivity contribution is 5.08. The number of nitrogens with one attached hydrogen (secondary N) is 1. The van der Waals surface area contributed by atoms with E-state index in [0.717, 1.165) is 11.6 Å². The van der Waals surface area contributed by atoms with E-state index >= 15 is 0 Å². The minimum Gasteiger partial charge on any atom is -0.306 e. The third-order valence-corrected chi connectivity index (χ3v) is 3.23. The van der Waals surface area contributed by atoms with Crippen LogP contribution in [0.2, 0.25) is 0 Å². The molecule has 0 saturated heterocycles. The Morgan fingerprint density at radius 3 is 2.80 bits per heavy atom. The summed E-state index contributed by atoms with van der Waals surface area (Å²) in [5, 5.41) is 3.68.